The van der Waals surface area contributed by atoms with Crippen molar-refractivity contribution in [2.45, 2.75) is 38.6 Å². The number of alkyl halides is 3. The van der Waals surface area contributed by atoms with Crippen LogP contribution in [-0.2, 0) is 16.4 Å². The highest BCUT2D eigenvalue weighted by atomic mass is 35.5. The van der Waals surface area contributed by atoms with E-state index in [2.05, 4.69) is 15.3 Å². The number of nitrogens with one attached hydrogen (secondary N) is 1. The summed E-state index contributed by atoms with van der Waals surface area (Å²) in [6.07, 6.45) is 1.34. The van der Waals surface area contributed by atoms with Gasteiger partial charge in [0, 0.05) is 25.2 Å². The monoisotopic (exact) mass is 400 g/mol. The third-order valence-electron chi connectivity index (χ3n) is 4.19. The summed E-state index contributed by atoms with van der Waals surface area (Å²) in [7, 11) is -5.24. The summed E-state index contributed by atoms with van der Waals surface area (Å²) < 4.78 is 61.0. The van der Waals surface area contributed by atoms with Gasteiger partial charge in [-0.25, -0.2) is 18.4 Å². The number of hydrogen-bond acceptors (Lipinski definition) is 5. The molecule has 11 heteroatoms. The first-order chi connectivity index (χ1) is 11.6. The zero-order valence-electron chi connectivity index (χ0n) is 13.9. The number of aromatic nitrogens is 2. The van der Waals surface area contributed by atoms with E-state index in [1.54, 1.807) is 6.92 Å². The Morgan fingerprint density at radius 3 is 2.40 bits per heavy atom. The van der Waals surface area contributed by atoms with E-state index in [4.69, 9.17) is 11.6 Å². The number of halogens is 4. The zero-order valence-corrected chi connectivity index (χ0v) is 15.5. The largest absolute Gasteiger partial charge is 0.511 e. The first-order valence-corrected chi connectivity index (χ1v) is 9.71. The number of sulfonamides is 1. The van der Waals surface area contributed by atoms with Gasteiger partial charge in [-0.05, 0) is 32.1 Å². The van der Waals surface area contributed by atoms with Crippen LogP contribution in [0.5, 0.6) is 0 Å². The van der Waals surface area contributed by atoms with E-state index in [1.165, 1.54) is 0 Å². The zero-order chi connectivity index (χ0) is 18.8. The average molecular weight is 401 g/mol. The lowest BCUT2D eigenvalue weighted by molar-refractivity contribution is -0.0496. The summed E-state index contributed by atoms with van der Waals surface area (Å²) >= 11 is 6.10. The van der Waals surface area contributed by atoms with Crippen LogP contribution in [0, 0.1) is 12.8 Å². The highest BCUT2D eigenvalue weighted by Gasteiger charge is 2.50. The second kappa shape index (κ2) is 7.63. The van der Waals surface area contributed by atoms with Crippen LogP contribution in [0.25, 0.3) is 0 Å². The van der Waals surface area contributed by atoms with Crippen molar-refractivity contribution in [3.8, 4) is 0 Å². The molecule has 2 heterocycles. The van der Waals surface area contributed by atoms with Gasteiger partial charge in [0.1, 0.15) is 16.8 Å². The smallest absolute Gasteiger partial charge is 0.369 e. The Kier molecular flexibility index (Phi) is 6.16. The molecule has 142 valence electrons. The molecule has 1 aliphatic rings. The fourth-order valence-electron chi connectivity index (χ4n) is 2.76. The maximum absolute atomic E-state index is 12.6. The molecule has 1 N–H and O–H groups in total. The summed E-state index contributed by atoms with van der Waals surface area (Å²) in [6, 6.07) is 0. The number of piperidine rings is 1. The summed E-state index contributed by atoms with van der Waals surface area (Å²) in [6.45, 7) is 3.85. The van der Waals surface area contributed by atoms with Gasteiger partial charge in [0.05, 0.1) is 0 Å². The van der Waals surface area contributed by atoms with E-state index >= 15 is 0 Å². The highest BCUT2D eigenvalue weighted by Crippen LogP contribution is 2.30. The predicted octanol–water partition coefficient (Wildman–Crippen LogP) is 2.97. The molecule has 0 amide bonds. The van der Waals surface area contributed by atoms with Crippen molar-refractivity contribution in [3.05, 3.63) is 16.5 Å². The minimum absolute atomic E-state index is 0.0541. The van der Waals surface area contributed by atoms with Crippen molar-refractivity contribution in [1.82, 2.24) is 14.3 Å². The number of anilines is 1. The van der Waals surface area contributed by atoms with Crippen LogP contribution >= 0.6 is 11.6 Å². The predicted molar refractivity (Wildman–Crippen MR) is 88.9 cm³/mol. The summed E-state index contributed by atoms with van der Waals surface area (Å²) in [5, 5.41) is 3.55. The molecule has 0 unspecified atom stereocenters. The Balaban J connectivity index is 1.96. The highest BCUT2D eigenvalue weighted by molar-refractivity contribution is 7.90. The molecule has 0 bridgehead atoms. The van der Waals surface area contributed by atoms with Crippen molar-refractivity contribution in [3.63, 3.8) is 0 Å². The second-order valence-electron chi connectivity index (χ2n) is 5.92. The molecule has 0 aromatic carbocycles. The van der Waals surface area contributed by atoms with Crippen LogP contribution in [0.4, 0.5) is 19.0 Å². The normalized spacial score (nSPS) is 17.7. The van der Waals surface area contributed by atoms with Crippen LogP contribution in [0.1, 0.15) is 31.2 Å². The first kappa shape index (κ1) is 20.2. The van der Waals surface area contributed by atoms with E-state index in [9.17, 15) is 21.6 Å². The van der Waals surface area contributed by atoms with Crippen LogP contribution in [0.3, 0.4) is 0 Å². The quantitative estimate of drug-likeness (QED) is 0.769. The number of nitrogens with zero attached hydrogens (tertiary/aromatic N) is 3. The molecule has 1 aromatic rings. The van der Waals surface area contributed by atoms with Gasteiger partial charge in [-0.3, -0.25) is 0 Å². The van der Waals surface area contributed by atoms with Gasteiger partial charge >= 0.3 is 15.5 Å². The minimum Gasteiger partial charge on any atom is -0.369 e. The van der Waals surface area contributed by atoms with Gasteiger partial charge in [0.25, 0.3) is 0 Å². The fraction of sp³-hybridized carbons (Fsp3) is 0.714. The molecule has 2 rings (SSSR count). The molecular formula is C14H20ClF3N4O2S. The van der Waals surface area contributed by atoms with Crippen molar-refractivity contribution in [2.24, 2.45) is 5.92 Å². The minimum atomic E-state index is -5.25. The van der Waals surface area contributed by atoms with E-state index in [0.29, 0.717) is 46.9 Å². The number of rotatable bonds is 5. The Morgan fingerprint density at radius 2 is 1.88 bits per heavy atom. The molecule has 1 aliphatic heterocycles. The molecule has 0 aliphatic carbocycles. The number of hydrogen-bond donors (Lipinski definition) is 1. The van der Waals surface area contributed by atoms with E-state index in [1.807, 2.05) is 6.92 Å². The molecular weight excluding hydrogens is 381 g/mol. The van der Waals surface area contributed by atoms with E-state index < -0.39 is 15.5 Å². The van der Waals surface area contributed by atoms with Crippen LogP contribution in [0.15, 0.2) is 0 Å². The molecule has 1 fully saturated rings. The van der Waals surface area contributed by atoms with Gasteiger partial charge in [0.15, 0.2) is 0 Å². The third-order valence-corrected chi connectivity index (χ3v) is 6.13. The van der Waals surface area contributed by atoms with E-state index in [-0.39, 0.29) is 19.0 Å². The lowest BCUT2D eigenvalue weighted by Crippen LogP contribution is -2.45. The lowest BCUT2D eigenvalue weighted by atomic mass is 9.98. The summed E-state index contributed by atoms with van der Waals surface area (Å²) in [4.78, 5) is 8.41. The lowest BCUT2D eigenvalue weighted by Gasteiger charge is -2.31. The van der Waals surface area contributed by atoms with Gasteiger partial charge in [-0.15, -0.1) is 0 Å². The number of aryl methyl sites for hydroxylation is 1. The first-order valence-electron chi connectivity index (χ1n) is 7.89. The molecule has 0 spiro atoms. The second-order valence-corrected chi connectivity index (χ2v) is 8.20. The average Bonchev–Trinajstić information content (AvgIpc) is 2.51. The third kappa shape index (κ3) is 4.53. The van der Waals surface area contributed by atoms with Crippen molar-refractivity contribution in [1.29, 1.82) is 0 Å². The molecule has 1 saturated heterocycles. The van der Waals surface area contributed by atoms with Gasteiger partial charge in [-0.1, -0.05) is 18.5 Å². The standard InChI is InChI=1S/C14H20ClF3N4O2S/c1-3-11-12(15)20-9(2)21-13(11)19-8-10-4-6-22(7-5-10)25(23,24)14(16,17)18/h10H,3-8H2,1-2H3,(H,19,20,21). The van der Waals surface area contributed by atoms with Gasteiger partial charge in [0.2, 0.25) is 0 Å². The maximum Gasteiger partial charge on any atom is 0.511 e. The van der Waals surface area contributed by atoms with Crippen LogP contribution in [-0.4, -0.2) is 47.8 Å². The van der Waals surface area contributed by atoms with Crippen LogP contribution < -0.4 is 5.32 Å². The van der Waals surface area contributed by atoms with Gasteiger partial charge < -0.3 is 5.32 Å². The molecule has 0 atom stereocenters. The Hall–Kier alpha value is -1.13. The molecule has 1 aromatic heterocycles. The van der Waals surface area contributed by atoms with E-state index in [0.717, 1.165) is 5.56 Å². The molecule has 0 radical (unpaired) electrons. The Morgan fingerprint density at radius 1 is 1.28 bits per heavy atom. The SMILES string of the molecule is CCc1c(Cl)nc(C)nc1NCC1CCN(S(=O)(=O)C(F)(F)F)CC1. The Labute approximate surface area is 149 Å². The molecule has 6 nitrogen and oxygen atoms in total. The van der Waals surface area contributed by atoms with Crippen LogP contribution in [0.2, 0.25) is 5.15 Å². The van der Waals surface area contributed by atoms with Crippen molar-refractivity contribution in [2.75, 3.05) is 25.0 Å². The molecule has 0 saturated carbocycles. The topological polar surface area (TPSA) is 75.2 Å². The van der Waals surface area contributed by atoms with Crippen molar-refractivity contribution >= 4 is 27.4 Å². The van der Waals surface area contributed by atoms with Gasteiger partial charge in [-0.2, -0.15) is 17.5 Å². The Bertz CT molecular complexity index is 720. The molecule has 25 heavy (non-hydrogen) atoms. The summed E-state index contributed by atoms with van der Waals surface area (Å²) in [5.41, 5.74) is -4.46. The van der Waals surface area contributed by atoms with Crippen molar-refractivity contribution < 1.29 is 21.6 Å². The fourth-order valence-corrected chi connectivity index (χ4v) is 4.09. The summed E-state index contributed by atoms with van der Waals surface area (Å²) in [5.74, 6) is 1.19. The maximum atomic E-state index is 12.6.